The third-order valence-corrected chi connectivity index (χ3v) is 6.76. The lowest BCUT2D eigenvalue weighted by atomic mass is 10.2. The van der Waals surface area contributed by atoms with Crippen molar-refractivity contribution in [3.63, 3.8) is 0 Å². The first-order valence-electron chi connectivity index (χ1n) is 11.2. The summed E-state index contributed by atoms with van der Waals surface area (Å²) in [6.07, 6.45) is 12.4. The van der Waals surface area contributed by atoms with E-state index < -0.39 is 0 Å². The van der Waals surface area contributed by atoms with Crippen LogP contribution in [0.2, 0.25) is 0 Å². The van der Waals surface area contributed by atoms with Gasteiger partial charge in [0.05, 0.1) is 44.3 Å². The number of rotatable bonds is 9. The SMILES string of the molecule is [C-]#[N+]c1c(/N=N/c2ccc(N(CCn3cc[n+](C)c3)CCn3cc[n+](C)c3)cc2)sc(C#N)c1C. The minimum Gasteiger partial charge on any atom is -0.364 e. The molecule has 0 spiro atoms. The third-order valence-electron chi connectivity index (χ3n) is 5.69. The maximum atomic E-state index is 9.23. The van der Waals surface area contributed by atoms with Crippen molar-refractivity contribution in [2.75, 3.05) is 18.0 Å². The first kappa shape index (κ1) is 23.9. The fourth-order valence-electron chi connectivity index (χ4n) is 3.74. The van der Waals surface area contributed by atoms with E-state index in [1.54, 1.807) is 6.92 Å². The van der Waals surface area contributed by atoms with E-state index in [2.05, 4.69) is 72.4 Å². The first-order valence-corrected chi connectivity index (χ1v) is 12.0. The van der Waals surface area contributed by atoms with E-state index in [0.717, 1.165) is 31.9 Å². The van der Waals surface area contributed by atoms with E-state index in [9.17, 15) is 5.26 Å². The van der Waals surface area contributed by atoms with E-state index in [1.165, 1.54) is 11.3 Å². The second kappa shape index (κ2) is 10.8. The molecule has 0 saturated carbocycles. The van der Waals surface area contributed by atoms with Gasteiger partial charge in [-0.05, 0) is 36.8 Å². The predicted octanol–water partition coefficient (Wildman–Crippen LogP) is 4.35. The van der Waals surface area contributed by atoms with Gasteiger partial charge in [-0.25, -0.2) is 23.1 Å². The quantitative estimate of drug-likeness (QED) is 0.201. The van der Waals surface area contributed by atoms with Gasteiger partial charge >= 0.3 is 0 Å². The Morgan fingerprint density at radius 3 is 2.11 bits per heavy atom. The number of benzene rings is 1. The summed E-state index contributed by atoms with van der Waals surface area (Å²) in [5, 5.41) is 18.3. The van der Waals surface area contributed by atoms with Crippen LogP contribution < -0.4 is 14.0 Å². The maximum Gasteiger partial charge on any atom is 0.243 e. The van der Waals surface area contributed by atoms with Gasteiger partial charge in [-0.3, -0.25) is 0 Å². The molecule has 3 aromatic heterocycles. The molecular formula is C25H27N9S+2. The number of nitriles is 1. The molecule has 0 N–H and O–H groups in total. The van der Waals surface area contributed by atoms with E-state index >= 15 is 0 Å². The Kier molecular flexibility index (Phi) is 7.34. The van der Waals surface area contributed by atoms with Gasteiger partial charge in [-0.15, -0.1) is 11.3 Å². The highest BCUT2D eigenvalue weighted by molar-refractivity contribution is 7.17. The highest BCUT2D eigenvalue weighted by Crippen LogP contribution is 2.42. The fraction of sp³-hybridized carbons (Fsp3) is 0.280. The number of nitrogens with zero attached hydrogens (tertiary/aromatic N) is 9. The zero-order valence-electron chi connectivity index (χ0n) is 20.0. The topological polar surface area (TPSA) is 73.7 Å². The summed E-state index contributed by atoms with van der Waals surface area (Å²) in [5.74, 6) is 0. The molecule has 0 radical (unpaired) electrons. The molecule has 3 heterocycles. The molecule has 35 heavy (non-hydrogen) atoms. The third kappa shape index (κ3) is 5.81. The van der Waals surface area contributed by atoms with Crippen LogP contribution in [0.3, 0.4) is 0 Å². The molecule has 0 bridgehead atoms. The molecule has 0 aliphatic carbocycles. The van der Waals surface area contributed by atoms with Crippen molar-refractivity contribution < 1.29 is 9.13 Å². The van der Waals surface area contributed by atoms with Gasteiger partial charge < -0.3 is 4.90 Å². The molecule has 0 unspecified atom stereocenters. The van der Waals surface area contributed by atoms with Crippen LogP contribution in [0.5, 0.6) is 0 Å². The summed E-state index contributed by atoms with van der Waals surface area (Å²) in [7, 11) is 4.04. The predicted molar refractivity (Wildman–Crippen MR) is 134 cm³/mol. The number of aryl methyl sites for hydroxylation is 2. The van der Waals surface area contributed by atoms with Crippen molar-refractivity contribution >= 4 is 33.4 Å². The lowest BCUT2D eigenvalue weighted by Crippen LogP contribution is -2.31. The number of imidazole rings is 2. The molecule has 1 aromatic carbocycles. The Morgan fingerprint density at radius 2 is 1.63 bits per heavy atom. The molecule has 0 aliphatic heterocycles. The maximum absolute atomic E-state index is 9.23. The van der Waals surface area contributed by atoms with Gasteiger partial charge in [0.1, 0.15) is 48.9 Å². The molecule has 176 valence electrons. The number of aromatic nitrogens is 4. The zero-order valence-corrected chi connectivity index (χ0v) is 20.9. The van der Waals surface area contributed by atoms with Gasteiger partial charge in [-0.2, -0.15) is 15.5 Å². The Hall–Kier alpha value is -4.28. The van der Waals surface area contributed by atoms with Crippen molar-refractivity contribution in [2.24, 2.45) is 24.3 Å². The summed E-state index contributed by atoms with van der Waals surface area (Å²) in [4.78, 5) is 6.39. The monoisotopic (exact) mass is 485 g/mol. The van der Waals surface area contributed by atoms with Crippen LogP contribution in [0.1, 0.15) is 10.4 Å². The van der Waals surface area contributed by atoms with Crippen molar-refractivity contribution in [2.45, 2.75) is 20.0 Å². The first-order chi connectivity index (χ1) is 17.0. The van der Waals surface area contributed by atoms with Crippen LogP contribution in [-0.2, 0) is 27.2 Å². The van der Waals surface area contributed by atoms with Gasteiger partial charge in [0.25, 0.3) is 0 Å². The molecule has 0 saturated heterocycles. The van der Waals surface area contributed by atoms with E-state index in [-0.39, 0.29) is 0 Å². The smallest absolute Gasteiger partial charge is 0.243 e. The fourth-order valence-corrected chi connectivity index (χ4v) is 4.61. The molecule has 0 atom stereocenters. The standard InChI is InChI=1S/C25H27N9S/c1-20-23(17-26)35-25(24(20)27-2)29-28-21-5-7-22(8-6-21)34(15-13-32-11-9-30(3)18-32)16-14-33-12-10-31(4)19-33/h5-12,18-19H,13-16H2,1,3-4H3/q+2/b29-28+. The lowest BCUT2D eigenvalue weighted by molar-refractivity contribution is -0.671. The number of hydrogen-bond acceptors (Lipinski definition) is 5. The normalized spacial score (nSPS) is 11.0. The molecule has 4 aromatic rings. The minimum atomic E-state index is 0.398. The second-order valence-corrected chi connectivity index (χ2v) is 9.27. The van der Waals surface area contributed by atoms with Crippen LogP contribution >= 0.6 is 11.3 Å². The van der Waals surface area contributed by atoms with Crippen LogP contribution in [0.15, 0.2) is 71.9 Å². The number of hydrogen-bond donors (Lipinski definition) is 0. The van der Waals surface area contributed by atoms with Crippen molar-refractivity contribution in [3.05, 3.63) is 83.6 Å². The molecule has 0 fully saturated rings. The van der Waals surface area contributed by atoms with Gasteiger partial charge in [0.15, 0.2) is 0 Å². The average Bonchev–Trinajstić information content (AvgIpc) is 3.56. The van der Waals surface area contributed by atoms with E-state index in [4.69, 9.17) is 6.57 Å². The summed E-state index contributed by atoms with van der Waals surface area (Å²) >= 11 is 1.20. The van der Waals surface area contributed by atoms with Crippen molar-refractivity contribution in [1.29, 1.82) is 5.26 Å². The van der Waals surface area contributed by atoms with Gasteiger partial charge in [0, 0.05) is 5.69 Å². The van der Waals surface area contributed by atoms with Crippen molar-refractivity contribution in [3.8, 4) is 6.07 Å². The van der Waals surface area contributed by atoms with Crippen LogP contribution in [0, 0.1) is 24.8 Å². The highest BCUT2D eigenvalue weighted by Gasteiger charge is 2.15. The lowest BCUT2D eigenvalue weighted by Gasteiger charge is -2.23. The zero-order chi connectivity index (χ0) is 24.8. The Balaban J connectivity index is 1.49. The Labute approximate surface area is 208 Å². The Bertz CT molecular complexity index is 1370. The summed E-state index contributed by atoms with van der Waals surface area (Å²) in [5.41, 5.74) is 2.87. The highest BCUT2D eigenvalue weighted by atomic mass is 32.1. The van der Waals surface area contributed by atoms with E-state index in [0.29, 0.717) is 26.8 Å². The summed E-state index contributed by atoms with van der Waals surface area (Å²) in [6.45, 7) is 12.6. The molecular weight excluding hydrogens is 458 g/mol. The van der Waals surface area contributed by atoms with Gasteiger partial charge in [0.2, 0.25) is 18.3 Å². The number of thiophene rings is 1. The Morgan fingerprint density at radius 1 is 1.03 bits per heavy atom. The van der Waals surface area contributed by atoms with Crippen molar-refractivity contribution in [1.82, 2.24) is 9.13 Å². The summed E-state index contributed by atoms with van der Waals surface area (Å²) in [6, 6.07) is 10.1. The number of azo groups is 1. The minimum absolute atomic E-state index is 0.398. The molecule has 10 heteroatoms. The van der Waals surface area contributed by atoms with Crippen LogP contribution in [0.4, 0.5) is 22.1 Å². The molecule has 0 amide bonds. The largest absolute Gasteiger partial charge is 0.364 e. The van der Waals surface area contributed by atoms with Crippen LogP contribution in [0.25, 0.3) is 4.85 Å². The second-order valence-electron chi connectivity index (χ2n) is 8.27. The molecule has 0 aliphatic rings. The average molecular weight is 486 g/mol. The van der Waals surface area contributed by atoms with E-state index in [1.807, 2.05) is 47.8 Å². The van der Waals surface area contributed by atoms with Crippen LogP contribution in [-0.4, -0.2) is 22.2 Å². The molecule has 9 nitrogen and oxygen atoms in total. The summed E-state index contributed by atoms with van der Waals surface area (Å²) < 4.78 is 8.44. The molecule has 4 rings (SSSR count). The van der Waals surface area contributed by atoms with Gasteiger partial charge in [-0.1, -0.05) is 0 Å². The number of anilines is 1.